The molecule has 0 spiro atoms. The van der Waals surface area contributed by atoms with Gasteiger partial charge < -0.3 is 4.74 Å². The molecule has 1 heterocycles. The van der Waals surface area contributed by atoms with Crippen LogP contribution in [0.25, 0.3) is 0 Å². The van der Waals surface area contributed by atoms with Crippen molar-refractivity contribution in [2.75, 3.05) is 0 Å². The first-order valence-electron chi connectivity index (χ1n) is 5.03. The Bertz CT molecular complexity index is 511. The zero-order valence-electron chi connectivity index (χ0n) is 9.20. The number of ether oxygens (including phenoxy) is 1. The second-order valence-electron chi connectivity index (χ2n) is 3.58. The molecule has 0 radical (unpaired) electrons. The summed E-state index contributed by atoms with van der Waals surface area (Å²) in [5.74, 6) is 1.46. The number of para-hydroxylation sites is 1. The molecule has 0 aliphatic rings. The molecule has 2 aromatic rings. The summed E-state index contributed by atoms with van der Waals surface area (Å²) < 4.78 is 6.70. The van der Waals surface area contributed by atoms with Gasteiger partial charge in [-0.25, -0.2) is 4.98 Å². The smallest absolute Gasteiger partial charge is 0.219 e. The van der Waals surface area contributed by atoms with Crippen LogP contribution in [0, 0.1) is 13.8 Å². The lowest BCUT2D eigenvalue weighted by atomic mass is 10.2. The number of rotatable bonds is 2. The maximum absolute atomic E-state index is 5.71. The molecule has 1 aromatic carbocycles. The van der Waals surface area contributed by atoms with Gasteiger partial charge >= 0.3 is 0 Å². The third-order valence-corrected chi connectivity index (χ3v) is 3.14. The van der Waals surface area contributed by atoms with Crippen LogP contribution in [0.1, 0.15) is 11.3 Å². The van der Waals surface area contributed by atoms with Crippen molar-refractivity contribution in [3.8, 4) is 11.6 Å². The lowest BCUT2D eigenvalue weighted by Gasteiger charge is -2.08. The van der Waals surface area contributed by atoms with Gasteiger partial charge in [-0.3, -0.25) is 0 Å². The van der Waals surface area contributed by atoms with E-state index in [9.17, 15) is 0 Å². The minimum atomic E-state index is 0.620. The van der Waals surface area contributed by atoms with Crippen molar-refractivity contribution in [1.82, 2.24) is 4.98 Å². The van der Waals surface area contributed by atoms with E-state index in [-0.39, 0.29) is 0 Å². The fourth-order valence-corrected chi connectivity index (χ4v) is 1.58. The third-order valence-electron chi connectivity index (χ3n) is 2.30. The summed E-state index contributed by atoms with van der Waals surface area (Å²) in [5, 5.41) is 0. The number of hydrogen-bond donors (Lipinski definition) is 0. The average molecular weight is 278 g/mol. The zero-order valence-corrected chi connectivity index (χ0v) is 10.8. The summed E-state index contributed by atoms with van der Waals surface area (Å²) >= 11 is 3.41. The summed E-state index contributed by atoms with van der Waals surface area (Å²) in [6, 6.07) is 11.7. The topological polar surface area (TPSA) is 22.1 Å². The number of halogens is 1. The van der Waals surface area contributed by atoms with E-state index in [1.165, 1.54) is 0 Å². The average Bonchev–Trinajstić information content (AvgIpc) is 2.27. The van der Waals surface area contributed by atoms with Gasteiger partial charge in [-0.05, 0) is 47.5 Å². The molecule has 0 unspecified atom stereocenters. The highest BCUT2D eigenvalue weighted by molar-refractivity contribution is 9.10. The van der Waals surface area contributed by atoms with Gasteiger partial charge in [0.2, 0.25) is 5.88 Å². The van der Waals surface area contributed by atoms with Gasteiger partial charge in [0.25, 0.3) is 0 Å². The van der Waals surface area contributed by atoms with E-state index < -0.39 is 0 Å². The van der Waals surface area contributed by atoms with Crippen molar-refractivity contribution in [3.05, 3.63) is 52.1 Å². The van der Waals surface area contributed by atoms with Crippen molar-refractivity contribution >= 4 is 15.9 Å². The van der Waals surface area contributed by atoms with Gasteiger partial charge in [-0.15, -0.1) is 0 Å². The number of pyridine rings is 1. The third kappa shape index (κ3) is 2.42. The molecule has 0 aliphatic carbocycles. The van der Waals surface area contributed by atoms with E-state index in [2.05, 4.69) is 20.9 Å². The van der Waals surface area contributed by atoms with Gasteiger partial charge in [0.15, 0.2) is 0 Å². The molecule has 82 valence electrons. The predicted molar refractivity (Wildman–Crippen MR) is 67.9 cm³/mol. The minimum Gasteiger partial charge on any atom is -0.439 e. The molecule has 2 rings (SSSR count). The van der Waals surface area contributed by atoms with Crippen LogP contribution in [0.4, 0.5) is 0 Å². The molecule has 16 heavy (non-hydrogen) atoms. The highest BCUT2D eigenvalue weighted by Gasteiger charge is 2.03. The molecule has 0 N–H and O–H groups in total. The van der Waals surface area contributed by atoms with Gasteiger partial charge in [-0.2, -0.15) is 0 Å². The van der Waals surface area contributed by atoms with Gasteiger partial charge in [0.1, 0.15) is 5.75 Å². The normalized spacial score (nSPS) is 10.2. The molecule has 0 bridgehead atoms. The van der Waals surface area contributed by atoms with Crippen LogP contribution in [0.15, 0.2) is 40.9 Å². The fourth-order valence-electron chi connectivity index (χ4n) is 1.36. The van der Waals surface area contributed by atoms with Crippen LogP contribution in [-0.4, -0.2) is 4.98 Å². The van der Waals surface area contributed by atoms with Crippen molar-refractivity contribution < 1.29 is 4.74 Å². The Morgan fingerprint density at radius 3 is 2.50 bits per heavy atom. The number of aryl methyl sites for hydroxylation is 2. The molecule has 0 aliphatic heterocycles. The first kappa shape index (κ1) is 11.1. The Hall–Kier alpha value is -1.35. The number of benzene rings is 1. The Morgan fingerprint density at radius 1 is 1.06 bits per heavy atom. The molecular weight excluding hydrogens is 266 g/mol. The molecule has 0 saturated heterocycles. The molecule has 2 nitrogen and oxygen atoms in total. The largest absolute Gasteiger partial charge is 0.439 e. The van der Waals surface area contributed by atoms with Gasteiger partial charge in [-0.1, -0.05) is 18.2 Å². The predicted octanol–water partition coefficient (Wildman–Crippen LogP) is 4.25. The number of aromatic nitrogens is 1. The van der Waals surface area contributed by atoms with Crippen molar-refractivity contribution in [1.29, 1.82) is 0 Å². The van der Waals surface area contributed by atoms with Gasteiger partial charge in [0.05, 0.1) is 5.69 Å². The second-order valence-corrected chi connectivity index (χ2v) is 4.44. The van der Waals surface area contributed by atoms with Crippen LogP contribution >= 0.6 is 15.9 Å². The van der Waals surface area contributed by atoms with Crippen LogP contribution < -0.4 is 4.74 Å². The maximum atomic E-state index is 5.71. The first-order chi connectivity index (χ1) is 7.66. The molecule has 0 atom stereocenters. The second kappa shape index (κ2) is 4.66. The van der Waals surface area contributed by atoms with E-state index in [1.807, 2.05) is 50.2 Å². The quantitative estimate of drug-likeness (QED) is 0.819. The van der Waals surface area contributed by atoms with Crippen LogP contribution in [0.3, 0.4) is 0 Å². The summed E-state index contributed by atoms with van der Waals surface area (Å²) in [7, 11) is 0. The van der Waals surface area contributed by atoms with Crippen molar-refractivity contribution in [3.63, 3.8) is 0 Å². The Balaban J connectivity index is 2.28. The first-order valence-corrected chi connectivity index (χ1v) is 5.83. The molecular formula is C13H12BrNO. The van der Waals surface area contributed by atoms with E-state index >= 15 is 0 Å². The molecule has 0 amide bonds. The molecule has 0 saturated carbocycles. The molecule has 0 fully saturated rings. The number of hydrogen-bond acceptors (Lipinski definition) is 2. The highest BCUT2D eigenvalue weighted by atomic mass is 79.9. The maximum Gasteiger partial charge on any atom is 0.219 e. The lowest BCUT2D eigenvalue weighted by molar-refractivity contribution is 0.458. The van der Waals surface area contributed by atoms with Crippen molar-refractivity contribution in [2.45, 2.75) is 13.8 Å². The Kier molecular flexibility index (Phi) is 3.25. The van der Waals surface area contributed by atoms with Crippen LogP contribution in [0.5, 0.6) is 11.6 Å². The Labute approximate surface area is 103 Å². The SMILES string of the molecule is Cc1ccccc1Oc1ccc(Br)c(C)n1. The van der Waals surface area contributed by atoms with E-state index in [4.69, 9.17) is 4.74 Å². The lowest BCUT2D eigenvalue weighted by Crippen LogP contribution is -1.92. The summed E-state index contributed by atoms with van der Waals surface area (Å²) in [6.07, 6.45) is 0. The molecule has 3 heteroatoms. The van der Waals surface area contributed by atoms with E-state index in [0.717, 1.165) is 21.5 Å². The zero-order chi connectivity index (χ0) is 11.5. The highest BCUT2D eigenvalue weighted by Crippen LogP contribution is 2.25. The minimum absolute atomic E-state index is 0.620. The fraction of sp³-hybridized carbons (Fsp3) is 0.154. The van der Waals surface area contributed by atoms with Crippen molar-refractivity contribution in [2.24, 2.45) is 0 Å². The summed E-state index contributed by atoms with van der Waals surface area (Å²) in [6.45, 7) is 3.95. The summed E-state index contributed by atoms with van der Waals surface area (Å²) in [4.78, 5) is 4.34. The Morgan fingerprint density at radius 2 is 1.81 bits per heavy atom. The van der Waals surface area contributed by atoms with E-state index in [1.54, 1.807) is 0 Å². The molecule has 1 aromatic heterocycles. The van der Waals surface area contributed by atoms with E-state index in [0.29, 0.717) is 5.88 Å². The monoisotopic (exact) mass is 277 g/mol. The standard InChI is InChI=1S/C13H12BrNO/c1-9-5-3-4-6-12(9)16-13-8-7-11(14)10(2)15-13/h3-8H,1-2H3. The van der Waals surface area contributed by atoms with Gasteiger partial charge in [0, 0.05) is 10.5 Å². The number of nitrogens with zero attached hydrogens (tertiary/aromatic N) is 1. The van der Waals surface area contributed by atoms with Crippen LogP contribution in [-0.2, 0) is 0 Å². The van der Waals surface area contributed by atoms with Crippen LogP contribution in [0.2, 0.25) is 0 Å². The summed E-state index contributed by atoms with van der Waals surface area (Å²) in [5.41, 5.74) is 2.02.